The number of benzene rings is 5. The summed E-state index contributed by atoms with van der Waals surface area (Å²) in [5, 5.41) is 67.5. The van der Waals surface area contributed by atoms with E-state index in [9.17, 15) is 13.2 Å². The van der Waals surface area contributed by atoms with E-state index < -0.39 is 0 Å². The molecule has 3 atom stereocenters. The first-order chi connectivity index (χ1) is 45.8. The van der Waals surface area contributed by atoms with E-state index in [1.54, 1.807) is 37.3 Å². The highest BCUT2D eigenvalue weighted by atomic mass is 19.1. The average molecular weight is 1340 g/mol. The number of nitrogens with two attached hydrogens (primary N) is 2. The van der Waals surface area contributed by atoms with Crippen molar-refractivity contribution in [3.63, 3.8) is 0 Å². The lowest BCUT2D eigenvalue weighted by atomic mass is 9.83. The molecule has 1 aliphatic carbocycles. The molecule has 0 saturated heterocycles. The van der Waals surface area contributed by atoms with Gasteiger partial charge in [-0.2, -0.15) is 0 Å². The Balaban J connectivity index is 0.000000571. The summed E-state index contributed by atoms with van der Waals surface area (Å²) in [5.74, 6) is 3.50. The van der Waals surface area contributed by atoms with Gasteiger partial charge in [0.2, 0.25) is 0 Å². The number of unbranched alkanes of at least 4 members (excludes halogenated alkanes) is 5. The Morgan fingerprint density at radius 3 is 1.35 bits per heavy atom. The fraction of sp³-hybridized carbons (Fsp3) is 0.579. The minimum Gasteiger partial charge on any atom is -0.491 e. The fourth-order valence-electron chi connectivity index (χ4n) is 9.99. The van der Waals surface area contributed by atoms with Crippen LogP contribution in [-0.4, -0.2) is 127 Å². The van der Waals surface area contributed by atoms with Crippen LogP contribution in [0.1, 0.15) is 197 Å². The topological polar surface area (TPSA) is 276 Å². The molecule has 536 valence electrons. The molecule has 0 radical (unpaired) electrons. The number of hydrogen-bond donors (Lipinski definition) is 10. The van der Waals surface area contributed by atoms with Crippen molar-refractivity contribution >= 4 is 11.7 Å². The predicted molar refractivity (Wildman–Crippen MR) is 378 cm³/mol. The summed E-state index contributed by atoms with van der Waals surface area (Å²) in [7, 11) is 0. The Morgan fingerprint density at radius 1 is 0.484 bits per heavy atom. The third kappa shape index (κ3) is 38.2. The molecule has 95 heavy (non-hydrogen) atoms. The molecule has 0 spiro atoms. The molecule has 1 saturated carbocycles. The normalized spacial score (nSPS) is 13.3. The van der Waals surface area contributed by atoms with Crippen LogP contribution in [0.3, 0.4) is 0 Å². The summed E-state index contributed by atoms with van der Waals surface area (Å²) in [5.41, 5.74) is 17.4. The summed E-state index contributed by atoms with van der Waals surface area (Å²) in [6.45, 7) is 18.1. The van der Waals surface area contributed by atoms with Crippen LogP contribution in [0.4, 0.5) is 13.2 Å². The van der Waals surface area contributed by atoms with Crippen molar-refractivity contribution in [2.24, 2.45) is 23.3 Å². The van der Waals surface area contributed by atoms with Crippen LogP contribution in [0.25, 0.3) is 0 Å². The van der Waals surface area contributed by atoms with Gasteiger partial charge in [0.1, 0.15) is 90.4 Å². The number of halogens is 3. The molecule has 0 aromatic heterocycles. The van der Waals surface area contributed by atoms with Gasteiger partial charge in [-0.1, -0.05) is 142 Å². The van der Waals surface area contributed by atoms with E-state index >= 15 is 0 Å². The molecular formula is C76H119F3N4O12. The minimum atomic E-state index is -0.305. The maximum Gasteiger partial charge on any atom is 0.133 e. The Morgan fingerprint density at radius 2 is 0.905 bits per heavy atom. The van der Waals surface area contributed by atoms with Gasteiger partial charge in [-0.3, -0.25) is 10.8 Å². The number of para-hydroxylation sites is 1. The molecule has 16 nitrogen and oxygen atoms in total. The highest BCUT2D eigenvalue weighted by molar-refractivity contribution is 5.98. The van der Waals surface area contributed by atoms with Gasteiger partial charge in [-0.25, -0.2) is 13.2 Å². The quantitative estimate of drug-likeness (QED) is 0.0130. The van der Waals surface area contributed by atoms with E-state index in [4.69, 9.17) is 81.3 Å². The monoisotopic (exact) mass is 1340 g/mol. The molecule has 5 aromatic carbocycles. The lowest BCUT2D eigenvalue weighted by Gasteiger charge is -2.31. The molecule has 5 aromatic rings. The maximum atomic E-state index is 13.1. The van der Waals surface area contributed by atoms with Crippen molar-refractivity contribution in [3.8, 4) is 28.7 Å². The molecule has 0 aliphatic heterocycles. The van der Waals surface area contributed by atoms with Crippen molar-refractivity contribution in [1.82, 2.24) is 0 Å². The standard InChI is InChI=1S/2C13H19FO2.2C13H20N2O2.C12H17FO2.C12H24O2/c1-10(2)3-4-11-5-6-12(14)9-13(11)16-8-7-15;1-3-4-5-11-6-7-12(14)8-13(11)16-10(2)9-15;1-2-3-5-10-6-4-7-11(13(14)15)12(10)17-9-8-16;1-2-3-4-10-5-6-11(13(14)15)9-12(10)17-8-7-16;1-2-3-4-10-5-6-11(13)9-12(10)15-8-7-14;1-2-3-6-11-7-4-5-8-12(11)14-10-9-13/h5-6,9-10,15H,3-4,7-8H2,1-2H3;6-8,10,15H,3-5,9H2,1-2H3;4,6-7,16H,2-3,5,8-9H2,1H3,(H3,14,15);5-6,9,16H,2-4,7-8H2,1H3,(H3,14,15);5-6,9,14H,2-4,7-8H2,1H3;11-13H,2-10H2,1H3/t;10-;;;;/m.1..../s1. The zero-order valence-corrected chi connectivity index (χ0v) is 58.5. The number of ether oxygens (including phenoxy) is 6. The minimum absolute atomic E-state index is 0.00344. The van der Waals surface area contributed by atoms with Crippen LogP contribution >= 0.6 is 0 Å². The number of hydrogen-bond acceptors (Lipinski definition) is 14. The van der Waals surface area contributed by atoms with Gasteiger partial charge in [-0.15, -0.1) is 0 Å². The highest BCUT2D eigenvalue weighted by Crippen LogP contribution is 2.32. The van der Waals surface area contributed by atoms with Crippen molar-refractivity contribution in [2.75, 3.05) is 72.7 Å². The number of nitrogens with one attached hydrogen (secondary N) is 2. The first-order valence-electron chi connectivity index (χ1n) is 34.6. The molecule has 0 amide bonds. The molecule has 12 N–H and O–H groups in total. The zero-order chi connectivity index (χ0) is 70.6. The van der Waals surface area contributed by atoms with Gasteiger partial charge in [0.25, 0.3) is 0 Å². The Kier molecular flexibility index (Phi) is 49.8. The van der Waals surface area contributed by atoms with Crippen molar-refractivity contribution in [1.29, 1.82) is 10.8 Å². The van der Waals surface area contributed by atoms with Gasteiger partial charge in [0.15, 0.2) is 0 Å². The Hall–Kier alpha value is -6.45. The van der Waals surface area contributed by atoms with Crippen molar-refractivity contribution in [2.45, 2.75) is 202 Å². The number of aliphatic hydroxyl groups excluding tert-OH is 6. The molecule has 1 aliphatic rings. The van der Waals surface area contributed by atoms with Gasteiger partial charge < -0.3 is 70.5 Å². The Labute approximate surface area is 566 Å². The van der Waals surface area contributed by atoms with Crippen LogP contribution in [0.5, 0.6) is 28.7 Å². The van der Waals surface area contributed by atoms with E-state index in [1.165, 1.54) is 81.3 Å². The van der Waals surface area contributed by atoms with Crippen LogP contribution in [0, 0.1) is 40.1 Å². The van der Waals surface area contributed by atoms with Gasteiger partial charge >= 0.3 is 0 Å². The number of aryl methyl sites for hydroxylation is 5. The second-order valence-corrected chi connectivity index (χ2v) is 23.8. The highest BCUT2D eigenvalue weighted by Gasteiger charge is 2.25. The second kappa shape index (κ2) is 54.6. The van der Waals surface area contributed by atoms with Gasteiger partial charge in [-0.05, 0) is 160 Å². The van der Waals surface area contributed by atoms with Gasteiger partial charge in [0, 0.05) is 23.8 Å². The molecule has 19 heteroatoms. The fourth-order valence-corrected chi connectivity index (χ4v) is 9.99. The first kappa shape index (κ1) is 86.6. The van der Waals surface area contributed by atoms with Crippen molar-refractivity contribution < 1.29 is 72.2 Å². The van der Waals surface area contributed by atoms with E-state index in [0.29, 0.717) is 52.8 Å². The van der Waals surface area contributed by atoms with Crippen LogP contribution < -0.4 is 35.2 Å². The summed E-state index contributed by atoms with van der Waals surface area (Å²) < 4.78 is 71.8. The van der Waals surface area contributed by atoms with Crippen LogP contribution in [0.2, 0.25) is 0 Å². The number of aliphatic hydroxyl groups is 6. The molecule has 1 fully saturated rings. The van der Waals surface area contributed by atoms with E-state index in [2.05, 4.69) is 48.5 Å². The van der Waals surface area contributed by atoms with Crippen LogP contribution in [0.15, 0.2) is 91.0 Å². The number of rotatable bonds is 38. The smallest absolute Gasteiger partial charge is 0.133 e. The van der Waals surface area contributed by atoms with E-state index in [-0.39, 0.29) is 101 Å². The third-order valence-electron chi connectivity index (χ3n) is 15.2. The largest absolute Gasteiger partial charge is 0.491 e. The second-order valence-electron chi connectivity index (χ2n) is 23.8. The van der Waals surface area contributed by atoms with Crippen LogP contribution in [-0.2, 0) is 36.8 Å². The summed E-state index contributed by atoms with van der Waals surface area (Å²) in [6.07, 6.45) is 23.4. The third-order valence-corrected chi connectivity index (χ3v) is 15.2. The average Bonchev–Trinajstić information content (AvgIpc) is 1.05. The van der Waals surface area contributed by atoms with E-state index in [0.717, 1.165) is 129 Å². The lowest BCUT2D eigenvalue weighted by molar-refractivity contribution is -0.0276. The van der Waals surface area contributed by atoms with Crippen molar-refractivity contribution in [3.05, 3.63) is 147 Å². The summed E-state index contributed by atoms with van der Waals surface area (Å²) >= 11 is 0. The molecule has 2 unspecified atom stereocenters. The number of nitrogen functional groups attached to an aromatic ring is 2. The predicted octanol–water partition coefficient (Wildman–Crippen LogP) is 14.4. The summed E-state index contributed by atoms with van der Waals surface area (Å²) in [4.78, 5) is 0. The maximum absolute atomic E-state index is 13.1. The zero-order valence-electron chi connectivity index (χ0n) is 58.5. The lowest BCUT2D eigenvalue weighted by Crippen LogP contribution is -2.28. The molecule has 0 bridgehead atoms. The molecular weight excluding hydrogens is 1220 g/mol. The molecule has 6 rings (SSSR count). The van der Waals surface area contributed by atoms with Gasteiger partial charge in [0.05, 0.1) is 57.9 Å². The molecule has 0 heterocycles. The Bertz CT molecular complexity index is 2770. The first-order valence-corrected chi connectivity index (χ1v) is 34.6. The number of amidine groups is 2. The summed E-state index contributed by atoms with van der Waals surface area (Å²) in [6, 6.07) is 24.9. The van der Waals surface area contributed by atoms with E-state index in [1.807, 2.05) is 24.3 Å². The SMILES string of the molecule is CC(C)CCc1ccc(F)cc1OCCO.CCCCC1CCCCC1OCCO.CCCCc1ccc(C(=N)N)cc1OCCO.CCCCc1ccc(F)cc1OCCO.CCCCc1ccc(F)cc1O[C@H](C)CO.CCCCc1cccc(C(=N)N)c1OCCO.